The highest BCUT2D eigenvalue weighted by Gasteiger charge is 2.36. The maximum atomic E-state index is 12.2. The molecular formula is C14H15F3N2O2. The van der Waals surface area contributed by atoms with Gasteiger partial charge in [-0.3, -0.25) is 9.69 Å². The monoisotopic (exact) mass is 300 g/mol. The number of benzene rings is 1. The lowest BCUT2D eigenvalue weighted by Gasteiger charge is -2.36. The summed E-state index contributed by atoms with van der Waals surface area (Å²) in [5.74, 6) is -0.0997. The van der Waals surface area contributed by atoms with Gasteiger partial charge in [0.2, 0.25) is 0 Å². The number of carbonyl (C=O) groups excluding carboxylic acids is 2. The zero-order chi connectivity index (χ0) is 15.6. The van der Waals surface area contributed by atoms with E-state index in [2.05, 4.69) is 0 Å². The summed E-state index contributed by atoms with van der Waals surface area (Å²) in [5.41, 5.74) is 0.727. The Morgan fingerprint density at radius 1 is 1.38 bits per heavy atom. The highest BCUT2D eigenvalue weighted by atomic mass is 19.4. The summed E-state index contributed by atoms with van der Waals surface area (Å²) in [5, 5.41) is 1.86. The van der Waals surface area contributed by atoms with Crippen molar-refractivity contribution in [3.05, 3.63) is 29.8 Å². The maximum Gasteiger partial charge on any atom is 0.405 e. The molecule has 1 aromatic rings. The van der Waals surface area contributed by atoms with Crippen LogP contribution in [-0.2, 0) is 0 Å². The molecule has 4 nitrogen and oxygen atoms in total. The first-order valence-corrected chi connectivity index (χ1v) is 6.59. The number of nitrogens with zero attached hydrogens (tertiary/aromatic N) is 1. The third-order valence-electron chi connectivity index (χ3n) is 3.38. The lowest BCUT2D eigenvalue weighted by Crippen LogP contribution is -2.51. The normalized spacial score (nSPS) is 18.4. The number of Topliss-reactive ketones (excluding diaryl/α,β-unsaturated/α-hetero) is 1. The minimum atomic E-state index is -4.47. The molecule has 0 bridgehead atoms. The number of hydrogen-bond donors (Lipinski definition) is 1. The molecule has 1 N–H and O–H groups in total. The van der Waals surface area contributed by atoms with Crippen LogP contribution in [0.5, 0.6) is 0 Å². The molecule has 1 unspecified atom stereocenters. The van der Waals surface area contributed by atoms with E-state index in [1.165, 1.54) is 4.90 Å². The SMILES string of the molecule is CCC1CC(=O)c2ccccc2N1C(=O)NCC(F)(F)F. The van der Waals surface area contributed by atoms with Crippen molar-refractivity contribution in [2.24, 2.45) is 0 Å². The number of ketones is 1. The number of para-hydroxylation sites is 1. The van der Waals surface area contributed by atoms with Gasteiger partial charge in [-0.25, -0.2) is 4.79 Å². The Kier molecular flexibility index (Phi) is 4.20. The summed E-state index contributed by atoms with van der Waals surface area (Å²) >= 11 is 0. The average Bonchev–Trinajstić information content (AvgIpc) is 2.44. The Hall–Kier alpha value is -2.05. The molecule has 1 heterocycles. The molecule has 0 saturated carbocycles. The fourth-order valence-corrected chi connectivity index (χ4v) is 2.39. The Balaban J connectivity index is 2.29. The van der Waals surface area contributed by atoms with E-state index in [0.717, 1.165) is 0 Å². The van der Waals surface area contributed by atoms with Crippen LogP contribution in [0.25, 0.3) is 0 Å². The van der Waals surface area contributed by atoms with Crippen LogP contribution >= 0.6 is 0 Å². The minimum absolute atomic E-state index is 0.0997. The lowest BCUT2D eigenvalue weighted by molar-refractivity contribution is -0.122. The third kappa shape index (κ3) is 3.34. The van der Waals surface area contributed by atoms with E-state index in [-0.39, 0.29) is 12.2 Å². The number of anilines is 1. The summed E-state index contributed by atoms with van der Waals surface area (Å²) in [4.78, 5) is 25.3. The number of alkyl halides is 3. The predicted molar refractivity (Wildman–Crippen MR) is 71.4 cm³/mol. The number of nitrogens with one attached hydrogen (secondary N) is 1. The van der Waals surface area contributed by atoms with Gasteiger partial charge in [-0.1, -0.05) is 19.1 Å². The van der Waals surface area contributed by atoms with Crippen molar-refractivity contribution in [3.63, 3.8) is 0 Å². The fraction of sp³-hybridized carbons (Fsp3) is 0.429. The molecule has 0 spiro atoms. The molecule has 1 aromatic carbocycles. The van der Waals surface area contributed by atoms with Gasteiger partial charge in [0.15, 0.2) is 5.78 Å². The van der Waals surface area contributed by atoms with Crippen LogP contribution in [0, 0.1) is 0 Å². The van der Waals surface area contributed by atoms with Crippen molar-refractivity contribution in [2.75, 3.05) is 11.4 Å². The van der Waals surface area contributed by atoms with Crippen molar-refractivity contribution < 1.29 is 22.8 Å². The van der Waals surface area contributed by atoms with Gasteiger partial charge < -0.3 is 5.32 Å². The molecule has 2 amide bonds. The predicted octanol–water partition coefficient (Wildman–Crippen LogP) is 3.13. The van der Waals surface area contributed by atoms with Gasteiger partial charge in [-0.2, -0.15) is 13.2 Å². The zero-order valence-corrected chi connectivity index (χ0v) is 11.4. The maximum absolute atomic E-state index is 12.2. The molecule has 0 radical (unpaired) electrons. The summed E-state index contributed by atoms with van der Waals surface area (Å²) in [6.45, 7) is 0.394. The number of rotatable bonds is 2. The van der Waals surface area contributed by atoms with Crippen molar-refractivity contribution in [3.8, 4) is 0 Å². The van der Waals surface area contributed by atoms with Gasteiger partial charge >= 0.3 is 12.2 Å². The van der Waals surface area contributed by atoms with E-state index in [1.807, 2.05) is 5.32 Å². The molecule has 0 aromatic heterocycles. The third-order valence-corrected chi connectivity index (χ3v) is 3.38. The van der Waals surface area contributed by atoms with Crippen molar-refractivity contribution in [1.29, 1.82) is 0 Å². The van der Waals surface area contributed by atoms with Gasteiger partial charge in [-0.15, -0.1) is 0 Å². The molecule has 2 rings (SSSR count). The van der Waals surface area contributed by atoms with E-state index in [1.54, 1.807) is 31.2 Å². The highest BCUT2D eigenvalue weighted by Crippen LogP contribution is 2.31. The molecule has 1 aliphatic heterocycles. The second-order valence-electron chi connectivity index (χ2n) is 4.85. The zero-order valence-electron chi connectivity index (χ0n) is 11.4. The fourth-order valence-electron chi connectivity index (χ4n) is 2.39. The van der Waals surface area contributed by atoms with Crippen LogP contribution in [0.3, 0.4) is 0 Å². The largest absolute Gasteiger partial charge is 0.405 e. The second-order valence-corrected chi connectivity index (χ2v) is 4.85. The quantitative estimate of drug-likeness (QED) is 0.912. The van der Waals surface area contributed by atoms with E-state index in [4.69, 9.17) is 0 Å². The van der Waals surface area contributed by atoms with Crippen LogP contribution in [-0.4, -0.2) is 30.6 Å². The van der Waals surface area contributed by atoms with E-state index >= 15 is 0 Å². The van der Waals surface area contributed by atoms with Gasteiger partial charge in [-0.05, 0) is 18.6 Å². The number of urea groups is 1. The molecule has 0 fully saturated rings. The summed E-state index contributed by atoms with van der Waals surface area (Å²) < 4.78 is 36.7. The van der Waals surface area contributed by atoms with Crippen molar-refractivity contribution in [1.82, 2.24) is 5.32 Å². The first-order valence-electron chi connectivity index (χ1n) is 6.59. The Morgan fingerprint density at radius 3 is 2.67 bits per heavy atom. The number of hydrogen-bond acceptors (Lipinski definition) is 2. The van der Waals surface area contributed by atoms with Gasteiger partial charge in [0.25, 0.3) is 0 Å². The molecule has 1 aliphatic rings. The van der Waals surface area contributed by atoms with Gasteiger partial charge in [0, 0.05) is 18.0 Å². The van der Waals surface area contributed by atoms with Crippen molar-refractivity contribution >= 4 is 17.5 Å². The Labute approximate surface area is 119 Å². The number of halogens is 3. The van der Waals surface area contributed by atoms with Crippen molar-refractivity contribution in [2.45, 2.75) is 32.0 Å². The molecule has 114 valence electrons. The first kappa shape index (κ1) is 15.3. The van der Waals surface area contributed by atoms with E-state index in [9.17, 15) is 22.8 Å². The van der Waals surface area contributed by atoms with E-state index in [0.29, 0.717) is 17.7 Å². The summed E-state index contributed by atoms with van der Waals surface area (Å²) in [7, 11) is 0. The second kappa shape index (κ2) is 5.75. The van der Waals surface area contributed by atoms with Gasteiger partial charge in [0.1, 0.15) is 6.54 Å². The number of carbonyl (C=O) groups is 2. The molecule has 21 heavy (non-hydrogen) atoms. The standard InChI is InChI=1S/C14H15F3N2O2/c1-2-9-7-12(20)10-5-3-4-6-11(10)19(9)13(21)18-8-14(15,16)17/h3-6,9H,2,7-8H2,1H3,(H,18,21). The summed E-state index contributed by atoms with van der Waals surface area (Å²) in [6.07, 6.45) is -3.87. The topological polar surface area (TPSA) is 49.4 Å². The Bertz CT molecular complexity index is 557. The highest BCUT2D eigenvalue weighted by molar-refractivity contribution is 6.09. The molecule has 1 atom stereocenters. The smallest absolute Gasteiger partial charge is 0.329 e. The summed E-state index contributed by atoms with van der Waals surface area (Å²) in [6, 6.07) is 5.19. The molecule has 0 saturated heterocycles. The van der Waals surface area contributed by atoms with Crippen LogP contribution in [0.4, 0.5) is 23.7 Å². The number of amides is 2. The first-order chi connectivity index (χ1) is 9.83. The molecule has 0 aliphatic carbocycles. The minimum Gasteiger partial charge on any atom is -0.329 e. The Morgan fingerprint density at radius 2 is 2.05 bits per heavy atom. The molecular weight excluding hydrogens is 285 g/mol. The number of fused-ring (bicyclic) bond motifs is 1. The lowest BCUT2D eigenvalue weighted by atomic mass is 9.93. The molecule has 7 heteroatoms. The average molecular weight is 300 g/mol. The van der Waals surface area contributed by atoms with Crippen LogP contribution in [0.1, 0.15) is 30.1 Å². The van der Waals surface area contributed by atoms with Crippen LogP contribution in [0.2, 0.25) is 0 Å². The van der Waals surface area contributed by atoms with E-state index < -0.39 is 24.8 Å². The van der Waals surface area contributed by atoms with Crippen LogP contribution < -0.4 is 10.2 Å². The van der Waals surface area contributed by atoms with Crippen LogP contribution in [0.15, 0.2) is 24.3 Å². The van der Waals surface area contributed by atoms with Gasteiger partial charge in [0.05, 0.1) is 5.69 Å².